The average molecular weight is 307 g/mol. The van der Waals surface area contributed by atoms with Crippen LogP contribution in [0.5, 0.6) is 5.75 Å². The Kier molecular flexibility index (Phi) is 4.09. The Bertz CT molecular complexity index is 688. The monoisotopic (exact) mass is 307 g/mol. The van der Waals surface area contributed by atoms with Crippen molar-refractivity contribution in [2.24, 2.45) is 5.92 Å². The fraction of sp³-hybridized carbons (Fsp3) is 0.429. The highest BCUT2D eigenvalue weighted by Gasteiger charge is 2.32. The lowest BCUT2D eigenvalue weighted by Crippen LogP contribution is -2.31. The summed E-state index contributed by atoms with van der Waals surface area (Å²) in [5, 5.41) is 3.52. The Morgan fingerprint density at radius 1 is 0.913 bits per heavy atom. The molecule has 2 aliphatic rings. The molecular weight excluding hydrogens is 282 g/mol. The number of aryl methyl sites for hydroxylation is 1. The number of methoxy groups -OCH3 is 1. The SMILES string of the molecule is COc1cccc2c1CCc1ccccc1C2C1CCNCC1. The van der Waals surface area contributed by atoms with Gasteiger partial charge in [0.05, 0.1) is 7.11 Å². The van der Waals surface area contributed by atoms with Crippen molar-refractivity contribution in [2.75, 3.05) is 20.2 Å². The first-order valence-corrected chi connectivity index (χ1v) is 8.83. The molecule has 0 saturated carbocycles. The van der Waals surface area contributed by atoms with Gasteiger partial charge in [0.2, 0.25) is 0 Å². The Morgan fingerprint density at radius 3 is 2.52 bits per heavy atom. The van der Waals surface area contributed by atoms with E-state index in [1.807, 2.05) is 0 Å². The highest BCUT2D eigenvalue weighted by Crippen LogP contribution is 2.44. The Morgan fingerprint density at radius 2 is 1.70 bits per heavy atom. The van der Waals surface area contributed by atoms with Crippen LogP contribution in [0.3, 0.4) is 0 Å². The lowest BCUT2D eigenvalue weighted by Gasteiger charge is -2.33. The molecule has 1 aliphatic heterocycles. The molecule has 1 heterocycles. The van der Waals surface area contributed by atoms with Crippen LogP contribution in [0, 0.1) is 5.92 Å². The van der Waals surface area contributed by atoms with Crippen molar-refractivity contribution in [3.05, 3.63) is 64.7 Å². The van der Waals surface area contributed by atoms with Crippen LogP contribution in [0.25, 0.3) is 0 Å². The molecule has 0 radical (unpaired) electrons. The first-order valence-electron chi connectivity index (χ1n) is 8.83. The maximum atomic E-state index is 5.69. The molecule has 23 heavy (non-hydrogen) atoms. The molecule has 1 saturated heterocycles. The lowest BCUT2D eigenvalue weighted by molar-refractivity contribution is 0.340. The normalized spacial score (nSPS) is 21.2. The first-order chi connectivity index (χ1) is 11.4. The largest absolute Gasteiger partial charge is 0.496 e. The van der Waals surface area contributed by atoms with Crippen LogP contribution in [0.4, 0.5) is 0 Å². The summed E-state index contributed by atoms with van der Waals surface area (Å²) >= 11 is 0. The van der Waals surface area contributed by atoms with Gasteiger partial charge in [0.1, 0.15) is 5.75 Å². The molecule has 2 nitrogen and oxygen atoms in total. The summed E-state index contributed by atoms with van der Waals surface area (Å²) in [5.41, 5.74) is 6.00. The number of ether oxygens (including phenoxy) is 1. The van der Waals surface area contributed by atoms with Crippen molar-refractivity contribution in [2.45, 2.75) is 31.6 Å². The molecule has 1 N–H and O–H groups in total. The molecule has 0 bridgehead atoms. The fourth-order valence-corrected chi connectivity index (χ4v) is 4.51. The molecule has 0 aromatic heterocycles. The summed E-state index contributed by atoms with van der Waals surface area (Å²) in [7, 11) is 1.80. The highest BCUT2D eigenvalue weighted by molar-refractivity contribution is 5.50. The van der Waals surface area contributed by atoms with Crippen LogP contribution in [-0.2, 0) is 12.8 Å². The van der Waals surface area contributed by atoms with Crippen molar-refractivity contribution < 1.29 is 4.74 Å². The van der Waals surface area contributed by atoms with E-state index >= 15 is 0 Å². The quantitative estimate of drug-likeness (QED) is 0.908. The third-order valence-corrected chi connectivity index (χ3v) is 5.61. The molecular formula is C21H25NO. The van der Waals surface area contributed by atoms with Crippen molar-refractivity contribution in [3.63, 3.8) is 0 Å². The van der Waals surface area contributed by atoms with Gasteiger partial charge in [-0.25, -0.2) is 0 Å². The number of nitrogens with one attached hydrogen (secondary N) is 1. The number of piperidine rings is 1. The average Bonchev–Trinajstić information content (AvgIpc) is 2.79. The zero-order valence-corrected chi connectivity index (χ0v) is 13.8. The van der Waals surface area contributed by atoms with Gasteiger partial charge < -0.3 is 10.1 Å². The lowest BCUT2D eigenvalue weighted by atomic mass is 9.75. The maximum absolute atomic E-state index is 5.69. The Hall–Kier alpha value is -1.80. The number of hydrogen-bond acceptors (Lipinski definition) is 2. The van der Waals surface area contributed by atoms with E-state index in [4.69, 9.17) is 4.74 Å². The van der Waals surface area contributed by atoms with Crippen molar-refractivity contribution in [1.82, 2.24) is 5.32 Å². The number of rotatable bonds is 2. The molecule has 120 valence electrons. The summed E-state index contributed by atoms with van der Waals surface area (Å²) in [4.78, 5) is 0. The molecule has 4 rings (SSSR count). The molecule has 1 fully saturated rings. The van der Waals surface area contributed by atoms with Crippen LogP contribution in [0.1, 0.15) is 41.0 Å². The second-order valence-corrected chi connectivity index (χ2v) is 6.79. The van der Waals surface area contributed by atoms with Crippen LogP contribution in [0.2, 0.25) is 0 Å². The minimum Gasteiger partial charge on any atom is -0.496 e. The Balaban J connectivity index is 1.87. The number of fused-ring (bicyclic) bond motifs is 2. The highest BCUT2D eigenvalue weighted by atomic mass is 16.5. The predicted octanol–water partition coefficient (Wildman–Crippen LogP) is 3.93. The summed E-state index contributed by atoms with van der Waals surface area (Å²) in [6.07, 6.45) is 4.72. The fourth-order valence-electron chi connectivity index (χ4n) is 4.51. The second-order valence-electron chi connectivity index (χ2n) is 6.79. The molecule has 2 aromatic rings. The molecule has 1 unspecified atom stereocenters. The second kappa shape index (κ2) is 6.37. The van der Waals surface area contributed by atoms with E-state index in [2.05, 4.69) is 47.8 Å². The summed E-state index contributed by atoms with van der Waals surface area (Å²) in [6, 6.07) is 15.7. The molecule has 0 amide bonds. The number of benzene rings is 2. The topological polar surface area (TPSA) is 21.3 Å². The van der Waals surface area contributed by atoms with E-state index in [1.54, 1.807) is 12.7 Å². The van der Waals surface area contributed by atoms with Gasteiger partial charge in [-0.2, -0.15) is 0 Å². The van der Waals surface area contributed by atoms with Crippen molar-refractivity contribution in [1.29, 1.82) is 0 Å². The van der Waals surface area contributed by atoms with Gasteiger partial charge in [0.15, 0.2) is 0 Å². The van der Waals surface area contributed by atoms with Crippen LogP contribution in [-0.4, -0.2) is 20.2 Å². The molecule has 2 aromatic carbocycles. The zero-order valence-electron chi connectivity index (χ0n) is 13.8. The third kappa shape index (κ3) is 2.66. The van der Waals surface area contributed by atoms with Crippen molar-refractivity contribution >= 4 is 0 Å². The van der Waals surface area contributed by atoms with Crippen molar-refractivity contribution in [3.8, 4) is 5.75 Å². The van der Waals surface area contributed by atoms with E-state index in [9.17, 15) is 0 Å². The van der Waals surface area contributed by atoms with Gasteiger partial charge in [-0.1, -0.05) is 36.4 Å². The van der Waals surface area contributed by atoms with Gasteiger partial charge in [-0.05, 0) is 73.0 Å². The van der Waals surface area contributed by atoms with E-state index in [1.165, 1.54) is 29.5 Å². The Labute approximate surface area is 138 Å². The predicted molar refractivity (Wildman–Crippen MR) is 94.3 cm³/mol. The maximum Gasteiger partial charge on any atom is 0.122 e. The molecule has 2 heteroatoms. The summed E-state index contributed by atoms with van der Waals surface area (Å²) < 4.78 is 5.69. The van der Waals surface area contributed by atoms with Crippen LogP contribution < -0.4 is 10.1 Å². The summed E-state index contributed by atoms with van der Waals surface area (Å²) in [6.45, 7) is 2.28. The number of hydrogen-bond donors (Lipinski definition) is 1. The van der Waals surface area contributed by atoms with Gasteiger partial charge in [-0.3, -0.25) is 0 Å². The van der Waals surface area contributed by atoms with Gasteiger partial charge in [0.25, 0.3) is 0 Å². The first kappa shape index (κ1) is 14.8. The third-order valence-electron chi connectivity index (χ3n) is 5.61. The smallest absolute Gasteiger partial charge is 0.122 e. The summed E-state index contributed by atoms with van der Waals surface area (Å²) in [5.74, 6) is 2.30. The van der Waals surface area contributed by atoms with E-state index in [-0.39, 0.29) is 0 Å². The van der Waals surface area contributed by atoms with Crippen LogP contribution in [0.15, 0.2) is 42.5 Å². The van der Waals surface area contributed by atoms with E-state index in [0.29, 0.717) is 5.92 Å². The van der Waals surface area contributed by atoms with Gasteiger partial charge in [-0.15, -0.1) is 0 Å². The molecule has 1 atom stereocenters. The van der Waals surface area contributed by atoms with E-state index < -0.39 is 0 Å². The molecule has 1 aliphatic carbocycles. The van der Waals surface area contributed by atoms with E-state index in [0.717, 1.165) is 37.6 Å². The molecule has 0 spiro atoms. The zero-order chi connectivity index (χ0) is 15.6. The minimum atomic E-state index is 0.515. The van der Waals surface area contributed by atoms with Gasteiger partial charge >= 0.3 is 0 Å². The van der Waals surface area contributed by atoms with Crippen LogP contribution >= 0.6 is 0 Å². The minimum absolute atomic E-state index is 0.515. The van der Waals surface area contributed by atoms with Gasteiger partial charge in [0, 0.05) is 5.92 Å². The standard InChI is InChI=1S/C21H25NO/c1-23-20-8-4-7-19-18(20)10-9-15-5-2-3-6-17(15)21(19)16-11-13-22-14-12-16/h2-8,16,21-22H,9-14H2,1H3.